The second-order valence-corrected chi connectivity index (χ2v) is 5.47. The Hall–Kier alpha value is -1.63. The van der Waals surface area contributed by atoms with Gasteiger partial charge in [-0.2, -0.15) is 15.0 Å². The predicted octanol–water partition coefficient (Wildman–Crippen LogP) is 2.07. The Bertz CT molecular complexity index is 455. The molecule has 1 aliphatic rings. The van der Waals surface area contributed by atoms with Gasteiger partial charge >= 0.3 is 6.01 Å². The normalized spacial score (nSPS) is 21.6. The average Bonchev–Trinajstić information content (AvgIpc) is 2.81. The number of hydrogen-bond acceptors (Lipinski definition) is 7. The van der Waals surface area contributed by atoms with Crippen molar-refractivity contribution in [2.45, 2.75) is 58.8 Å². The Morgan fingerprint density at radius 1 is 1.29 bits per heavy atom. The third kappa shape index (κ3) is 4.70. The molecular weight excluding hydrogens is 270 g/mol. The molecule has 7 heteroatoms. The van der Waals surface area contributed by atoms with E-state index in [-0.39, 0.29) is 18.2 Å². The smallest absolute Gasteiger partial charge is 0.323 e. The van der Waals surface area contributed by atoms with E-state index < -0.39 is 0 Å². The molecule has 2 N–H and O–H groups in total. The molecule has 2 unspecified atom stereocenters. The molecule has 1 saturated heterocycles. The van der Waals surface area contributed by atoms with Crippen molar-refractivity contribution in [3.63, 3.8) is 0 Å². The molecule has 0 aliphatic carbocycles. The Balaban J connectivity index is 2.13. The molecule has 1 fully saturated rings. The third-order valence-corrected chi connectivity index (χ3v) is 3.18. The molecule has 7 nitrogen and oxygen atoms in total. The summed E-state index contributed by atoms with van der Waals surface area (Å²) in [5.41, 5.74) is 0. The second kappa shape index (κ2) is 7.40. The number of nitrogens with one attached hydrogen (secondary N) is 2. The van der Waals surface area contributed by atoms with Crippen molar-refractivity contribution in [1.29, 1.82) is 0 Å². The standard InChI is InChI=1S/C14H25N5O2/c1-5-7-15-12-17-13(16-11-6-8-20-10(11)4)19-14(18-12)21-9(2)3/h9-11H,5-8H2,1-4H3,(H2,15,16,17,18,19). The van der Waals surface area contributed by atoms with E-state index in [1.165, 1.54) is 0 Å². The largest absolute Gasteiger partial charge is 0.461 e. The highest BCUT2D eigenvalue weighted by molar-refractivity contribution is 5.37. The van der Waals surface area contributed by atoms with E-state index in [0.29, 0.717) is 17.9 Å². The monoisotopic (exact) mass is 295 g/mol. The zero-order valence-electron chi connectivity index (χ0n) is 13.2. The maximum atomic E-state index is 5.59. The molecule has 0 radical (unpaired) electrons. The van der Waals surface area contributed by atoms with Gasteiger partial charge in [0.2, 0.25) is 11.9 Å². The Morgan fingerprint density at radius 3 is 2.67 bits per heavy atom. The van der Waals surface area contributed by atoms with Crippen molar-refractivity contribution in [2.24, 2.45) is 0 Å². The molecule has 0 aromatic carbocycles. The van der Waals surface area contributed by atoms with E-state index in [9.17, 15) is 0 Å². The highest BCUT2D eigenvalue weighted by Gasteiger charge is 2.25. The third-order valence-electron chi connectivity index (χ3n) is 3.18. The molecule has 21 heavy (non-hydrogen) atoms. The van der Waals surface area contributed by atoms with Crippen molar-refractivity contribution in [1.82, 2.24) is 15.0 Å². The summed E-state index contributed by atoms with van der Waals surface area (Å²) in [6.45, 7) is 9.61. The van der Waals surface area contributed by atoms with Crippen LogP contribution in [0.5, 0.6) is 6.01 Å². The molecule has 118 valence electrons. The van der Waals surface area contributed by atoms with Crippen LogP contribution in [0.25, 0.3) is 0 Å². The molecule has 2 atom stereocenters. The number of nitrogens with zero attached hydrogens (tertiary/aromatic N) is 3. The zero-order chi connectivity index (χ0) is 15.2. The van der Waals surface area contributed by atoms with Crippen LogP contribution in [0, 0.1) is 0 Å². The summed E-state index contributed by atoms with van der Waals surface area (Å²) in [7, 11) is 0. The van der Waals surface area contributed by atoms with E-state index in [2.05, 4.69) is 32.5 Å². The lowest BCUT2D eigenvalue weighted by molar-refractivity contribution is 0.121. The fourth-order valence-electron chi connectivity index (χ4n) is 2.09. The first-order chi connectivity index (χ1) is 10.1. The molecule has 2 heterocycles. The lowest BCUT2D eigenvalue weighted by Gasteiger charge is -2.17. The minimum atomic E-state index is 0.0213. The molecule has 0 spiro atoms. The Labute approximate surface area is 125 Å². The maximum Gasteiger partial charge on any atom is 0.323 e. The molecule has 1 aliphatic heterocycles. The van der Waals surface area contributed by atoms with Crippen molar-refractivity contribution in [3.05, 3.63) is 0 Å². The first kappa shape index (κ1) is 15.8. The van der Waals surface area contributed by atoms with Gasteiger partial charge in [-0.1, -0.05) is 6.92 Å². The van der Waals surface area contributed by atoms with E-state index in [4.69, 9.17) is 9.47 Å². The molecule has 1 aromatic rings. The lowest BCUT2D eigenvalue weighted by atomic mass is 10.2. The van der Waals surface area contributed by atoms with Gasteiger partial charge in [0.15, 0.2) is 0 Å². The van der Waals surface area contributed by atoms with Crippen LogP contribution in [0.4, 0.5) is 11.9 Å². The van der Waals surface area contributed by atoms with Gasteiger partial charge in [-0.05, 0) is 33.6 Å². The second-order valence-electron chi connectivity index (χ2n) is 5.47. The summed E-state index contributed by atoms with van der Waals surface area (Å²) in [5.74, 6) is 1.07. The number of rotatable bonds is 7. The maximum absolute atomic E-state index is 5.59. The first-order valence-corrected chi connectivity index (χ1v) is 7.63. The predicted molar refractivity (Wildman–Crippen MR) is 81.8 cm³/mol. The van der Waals surface area contributed by atoms with Crippen LogP contribution in [-0.2, 0) is 4.74 Å². The van der Waals surface area contributed by atoms with Crippen LogP contribution in [-0.4, -0.2) is 46.4 Å². The first-order valence-electron chi connectivity index (χ1n) is 7.63. The van der Waals surface area contributed by atoms with Gasteiger partial charge in [-0.15, -0.1) is 0 Å². The molecule has 0 amide bonds. The quantitative estimate of drug-likeness (QED) is 0.797. The minimum Gasteiger partial charge on any atom is -0.461 e. The van der Waals surface area contributed by atoms with Crippen LogP contribution < -0.4 is 15.4 Å². The van der Waals surface area contributed by atoms with Crippen LogP contribution in [0.2, 0.25) is 0 Å². The van der Waals surface area contributed by atoms with E-state index in [1.54, 1.807) is 0 Å². The average molecular weight is 295 g/mol. The van der Waals surface area contributed by atoms with Gasteiger partial charge in [0.25, 0.3) is 0 Å². The fraction of sp³-hybridized carbons (Fsp3) is 0.786. The summed E-state index contributed by atoms with van der Waals surface area (Å²) in [6.07, 6.45) is 2.13. The molecule has 0 saturated carbocycles. The van der Waals surface area contributed by atoms with Gasteiger partial charge in [0.1, 0.15) is 0 Å². The van der Waals surface area contributed by atoms with Gasteiger partial charge in [-0.25, -0.2) is 0 Å². The van der Waals surface area contributed by atoms with Gasteiger partial charge in [-0.3, -0.25) is 0 Å². The molecule has 0 bridgehead atoms. The van der Waals surface area contributed by atoms with Crippen LogP contribution in [0.1, 0.15) is 40.5 Å². The highest BCUT2D eigenvalue weighted by atomic mass is 16.5. The Morgan fingerprint density at radius 2 is 2.05 bits per heavy atom. The SMILES string of the molecule is CCCNc1nc(NC2CCOC2C)nc(OC(C)C)n1. The van der Waals surface area contributed by atoms with Gasteiger partial charge < -0.3 is 20.1 Å². The number of ether oxygens (including phenoxy) is 2. The van der Waals surface area contributed by atoms with E-state index in [1.807, 2.05) is 20.8 Å². The molecule has 2 rings (SSSR count). The molecular formula is C14H25N5O2. The van der Waals surface area contributed by atoms with Gasteiger partial charge in [0, 0.05) is 13.2 Å². The van der Waals surface area contributed by atoms with Crippen LogP contribution >= 0.6 is 0 Å². The van der Waals surface area contributed by atoms with Crippen molar-refractivity contribution < 1.29 is 9.47 Å². The molecule has 1 aromatic heterocycles. The van der Waals surface area contributed by atoms with Crippen molar-refractivity contribution in [2.75, 3.05) is 23.8 Å². The Kier molecular flexibility index (Phi) is 5.55. The highest BCUT2D eigenvalue weighted by Crippen LogP contribution is 2.19. The minimum absolute atomic E-state index is 0.0213. The van der Waals surface area contributed by atoms with E-state index in [0.717, 1.165) is 26.0 Å². The number of hydrogen-bond donors (Lipinski definition) is 2. The summed E-state index contributed by atoms with van der Waals surface area (Å²) in [5, 5.41) is 6.48. The van der Waals surface area contributed by atoms with Crippen molar-refractivity contribution >= 4 is 11.9 Å². The van der Waals surface area contributed by atoms with Crippen LogP contribution in [0.3, 0.4) is 0 Å². The summed E-state index contributed by atoms with van der Waals surface area (Å²) >= 11 is 0. The van der Waals surface area contributed by atoms with Gasteiger partial charge in [0.05, 0.1) is 18.2 Å². The lowest BCUT2D eigenvalue weighted by Crippen LogP contribution is -2.28. The van der Waals surface area contributed by atoms with Crippen LogP contribution in [0.15, 0.2) is 0 Å². The summed E-state index contributed by atoms with van der Waals surface area (Å²) < 4.78 is 11.1. The zero-order valence-corrected chi connectivity index (χ0v) is 13.2. The number of anilines is 2. The van der Waals surface area contributed by atoms with E-state index >= 15 is 0 Å². The topological polar surface area (TPSA) is 81.2 Å². The fourth-order valence-corrected chi connectivity index (χ4v) is 2.09. The summed E-state index contributed by atoms with van der Waals surface area (Å²) in [6, 6.07) is 0.561. The van der Waals surface area contributed by atoms with Crippen molar-refractivity contribution in [3.8, 4) is 6.01 Å². The summed E-state index contributed by atoms with van der Waals surface area (Å²) in [4.78, 5) is 13.0. The number of aromatic nitrogens is 3.